The van der Waals surface area contributed by atoms with Crippen molar-refractivity contribution in [2.24, 2.45) is 0 Å². The molecule has 0 saturated heterocycles. The molecule has 0 fully saturated rings. The van der Waals surface area contributed by atoms with Gasteiger partial charge in [-0.2, -0.15) is 5.26 Å². The third-order valence-corrected chi connectivity index (χ3v) is 4.45. The number of benzene rings is 2. The molecule has 2 aromatic carbocycles. The first-order chi connectivity index (χ1) is 9.42. The van der Waals surface area contributed by atoms with Crippen molar-refractivity contribution in [1.29, 1.82) is 5.26 Å². The zero-order chi connectivity index (χ0) is 14.8. The number of nitrogens with two attached hydrogens (primary N) is 1. The zero-order valence-corrected chi connectivity index (χ0v) is 11.2. The first-order valence-corrected chi connectivity index (χ1v) is 7.34. The molecule has 0 aliphatic heterocycles. The Hall–Kier alpha value is -2.39. The van der Waals surface area contributed by atoms with Crippen LogP contribution in [0.15, 0.2) is 47.4 Å². The number of nitriles is 1. The minimum Gasteiger partial charge on any atom is -0.399 e. The quantitative estimate of drug-likeness (QED) is 0.879. The average Bonchev–Trinajstić information content (AvgIpc) is 2.41. The number of rotatable bonds is 3. The topological polar surface area (TPSA) is 84.0 Å². The van der Waals surface area contributed by atoms with Crippen molar-refractivity contribution in [3.63, 3.8) is 0 Å². The van der Waals surface area contributed by atoms with Gasteiger partial charge in [0.25, 0.3) is 0 Å². The SMILES string of the molecule is N#Cc1cc(CS(=O)(=O)c2ccc(N)cc2)ccc1F. The molecule has 0 heterocycles. The van der Waals surface area contributed by atoms with Crippen molar-refractivity contribution in [1.82, 2.24) is 0 Å². The van der Waals surface area contributed by atoms with Gasteiger partial charge in [-0.05, 0) is 42.0 Å². The van der Waals surface area contributed by atoms with Crippen molar-refractivity contribution >= 4 is 15.5 Å². The van der Waals surface area contributed by atoms with E-state index in [9.17, 15) is 12.8 Å². The maximum Gasteiger partial charge on any atom is 0.182 e. The highest BCUT2D eigenvalue weighted by Crippen LogP contribution is 2.19. The van der Waals surface area contributed by atoms with E-state index in [0.717, 1.165) is 6.07 Å². The second kappa shape index (κ2) is 5.31. The van der Waals surface area contributed by atoms with Gasteiger partial charge in [0, 0.05) is 5.69 Å². The highest BCUT2D eigenvalue weighted by molar-refractivity contribution is 7.90. The molecule has 0 bridgehead atoms. The van der Waals surface area contributed by atoms with Gasteiger partial charge in [-0.3, -0.25) is 0 Å². The molecule has 0 aliphatic carbocycles. The molecule has 2 rings (SSSR count). The Morgan fingerprint density at radius 2 is 1.80 bits per heavy atom. The maximum atomic E-state index is 13.2. The molecular weight excluding hydrogens is 279 g/mol. The Balaban J connectivity index is 2.34. The molecule has 4 nitrogen and oxygen atoms in total. The first-order valence-electron chi connectivity index (χ1n) is 5.69. The van der Waals surface area contributed by atoms with E-state index >= 15 is 0 Å². The lowest BCUT2D eigenvalue weighted by atomic mass is 10.1. The standard InChI is InChI=1S/C14H11FN2O2S/c15-14-6-1-10(7-11(14)8-16)9-20(18,19)13-4-2-12(17)3-5-13/h1-7H,9,17H2. The Labute approximate surface area is 116 Å². The summed E-state index contributed by atoms with van der Waals surface area (Å²) >= 11 is 0. The van der Waals surface area contributed by atoms with E-state index in [-0.39, 0.29) is 16.2 Å². The number of hydrogen-bond acceptors (Lipinski definition) is 4. The zero-order valence-electron chi connectivity index (χ0n) is 10.4. The van der Waals surface area contributed by atoms with Gasteiger partial charge in [0.05, 0.1) is 16.2 Å². The van der Waals surface area contributed by atoms with Crippen LogP contribution >= 0.6 is 0 Å². The highest BCUT2D eigenvalue weighted by atomic mass is 32.2. The summed E-state index contributed by atoms with van der Waals surface area (Å²) in [6.45, 7) is 0. The van der Waals surface area contributed by atoms with E-state index < -0.39 is 15.7 Å². The van der Waals surface area contributed by atoms with E-state index in [1.807, 2.05) is 0 Å². The molecule has 0 atom stereocenters. The van der Waals surface area contributed by atoms with Crippen LogP contribution in [0.3, 0.4) is 0 Å². The fraction of sp³-hybridized carbons (Fsp3) is 0.0714. The Kier molecular flexibility index (Phi) is 3.72. The van der Waals surface area contributed by atoms with Crippen molar-refractivity contribution < 1.29 is 12.8 Å². The molecule has 0 radical (unpaired) electrons. The smallest absolute Gasteiger partial charge is 0.182 e. The minimum absolute atomic E-state index is 0.134. The fourth-order valence-electron chi connectivity index (χ4n) is 1.73. The molecule has 0 aliphatic rings. The molecule has 2 aromatic rings. The minimum atomic E-state index is -3.56. The molecule has 0 unspecified atom stereocenters. The molecule has 0 amide bonds. The number of nitrogens with zero attached hydrogens (tertiary/aromatic N) is 1. The lowest BCUT2D eigenvalue weighted by Gasteiger charge is -2.06. The lowest BCUT2D eigenvalue weighted by Crippen LogP contribution is -2.05. The van der Waals surface area contributed by atoms with E-state index in [1.54, 1.807) is 6.07 Å². The van der Waals surface area contributed by atoms with Crippen molar-refractivity contribution in [3.05, 3.63) is 59.4 Å². The van der Waals surface area contributed by atoms with Crippen molar-refractivity contribution in [2.45, 2.75) is 10.6 Å². The van der Waals surface area contributed by atoms with Gasteiger partial charge < -0.3 is 5.73 Å². The monoisotopic (exact) mass is 290 g/mol. The number of halogens is 1. The molecule has 6 heteroatoms. The second-order valence-corrected chi connectivity index (χ2v) is 6.24. The lowest BCUT2D eigenvalue weighted by molar-refractivity contribution is 0.594. The van der Waals surface area contributed by atoms with E-state index in [4.69, 9.17) is 11.0 Å². The van der Waals surface area contributed by atoms with Crippen LogP contribution in [0.25, 0.3) is 0 Å². The molecule has 20 heavy (non-hydrogen) atoms. The van der Waals surface area contributed by atoms with Gasteiger partial charge in [-0.25, -0.2) is 12.8 Å². The van der Waals surface area contributed by atoms with Crippen LogP contribution in [0.4, 0.5) is 10.1 Å². The summed E-state index contributed by atoms with van der Waals surface area (Å²) in [5.41, 5.74) is 6.16. The predicted octanol–water partition coefficient (Wildman–Crippen LogP) is 2.25. The Morgan fingerprint density at radius 1 is 1.15 bits per heavy atom. The number of anilines is 1. The molecule has 0 saturated carbocycles. The number of nitrogen functional groups attached to an aromatic ring is 1. The summed E-state index contributed by atoms with van der Waals surface area (Å²) in [4.78, 5) is 0.134. The number of hydrogen-bond donors (Lipinski definition) is 1. The van der Waals surface area contributed by atoms with Gasteiger partial charge in [-0.15, -0.1) is 0 Å². The van der Waals surface area contributed by atoms with E-state index in [0.29, 0.717) is 11.3 Å². The van der Waals surface area contributed by atoms with Gasteiger partial charge in [0.1, 0.15) is 11.9 Å². The van der Waals surface area contributed by atoms with Crippen molar-refractivity contribution in [2.75, 3.05) is 5.73 Å². The summed E-state index contributed by atoms with van der Waals surface area (Å²) in [6.07, 6.45) is 0. The molecule has 0 aromatic heterocycles. The van der Waals surface area contributed by atoms with Gasteiger partial charge in [0.2, 0.25) is 0 Å². The van der Waals surface area contributed by atoms with E-state index in [2.05, 4.69) is 0 Å². The normalized spacial score (nSPS) is 11.0. The highest BCUT2D eigenvalue weighted by Gasteiger charge is 2.16. The summed E-state index contributed by atoms with van der Waals surface area (Å²) in [6, 6.07) is 11.2. The van der Waals surface area contributed by atoms with Crippen LogP contribution in [-0.2, 0) is 15.6 Å². The van der Waals surface area contributed by atoms with Crippen LogP contribution in [0, 0.1) is 17.1 Å². The third-order valence-electron chi connectivity index (χ3n) is 2.75. The third kappa shape index (κ3) is 2.95. The number of sulfone groups is 1. The van der Waals surface area contributed by atoms with Crippen LogP contribution in [0.2, 0.25) is 0 Å². The Bertz CT molecular complexity index is 778. The fourth-order valence-corrected chi connectivity index (χ4v) is 3.06. The average molecular weight is 290 g/mol. The van der Waals surface area contributed by atoms with Crippen LogP contribution in [0.1, 0.15) is 11.1 Å². The summed E-state index contributed by atoms with van der Waals surface area (Å²) in [5.74, 6) is -0.965. The first kappa shape index (κ1) is 14.0. The summed E-state index contributed by atoms with van der Waals surface area (Å²) < 4.78 is 37.5. The second-order valence-electron chi connectivity index (χ2n) is 4.25. The molecule has 102 valence electrons. The van der Waals surface area contributed by atoms with Gasteiger partial charge >= 0.3 is 0 Å². The van der Waals surface area contributed by atoms with Gasteiger partial charge in [-0.1, -0.05) is 6.07 Å². The molecular formula is C14H11FN2O2S. The summed E-state index contributed by atoms with van der Waals surface area (Å²) in [7, 11) is -3.56. The van der Waals surface area contributed by atoms with Crippen LogP contribution in [-0.4, -0.2) is 8.42 Å². The predicted molar refractivity (Wildman–Crippen MR) is 72.9 cm³/mol. The van der Waals surface area contributed by atoms with Crippen LogP contribution < -0.4 is 5.73 Å². The van der Waals surface area contributed by atoms with Crippen LogP contribution in [0.5, 0.6) is 0 Å². The molecule has 2 N–H and O–H groups in total. The summed E-state index contributed by atoms with van der Waals surface area (Å²) in [5, 5.41) is 8.74. The largest absolute Gasteiger partial charge is 0.399 e. The van der Waals surface area contributed by atoms with Crippen molar-refractivity contribution in [3.8, 4) is 6.07 Å². The molecule has 0 spiro atoms. The van der Waals surface area contributed by atoms with E-state index in [1.165, 1.54) is 36.4 Å². The Morgan fingerprint density at radius 3 is 2.40 bits per heavy atom. The van der Waals surface area contributed by atoms with Gasteiger partial charge in [0.15, 0.2) is 9.84 Å². The maximum absolute atomic E-state index is 13.2.